The molecule has 0 saturated heterocycles. The molecular weight excluding hydrogens is 331 g/mol. The van der Waals surface area contributed by atoms with Crippen molar-refractivity contribution in [1.82, 2.24) is 4.98 Å². The number of anilines is 1. The van der Waals surface area contributed by atoms with Crippen molar-refractivity contribution in [3.63, 3.8) is 0 Å². The predicted molar refractivity (Wildman–Crippen MR) is 84.7 cm³/mol. The summed E-state index contributed by atoms with van der Waals surface area (Å²) in [6, 6.07) is 7.63. The second kappa shape index (κ2) is 4.95. The Morgan fingerprint density at radius 2 is 2.24 bits per heavy atom. The van der Waals surface area contributed by atoms with Gasteiger partial charge in [0.25, 0.3) is 0 Å². The van der Waals surface area contributed by atoms with E-state index in [0.29, 0.717) is 11.6 Å². The van der Waals surface area contributed by atoms with Crippen molar-refractivity contribution in [2.75, 3.05) is 5.32 Å². The smallest absolute Gasteiger partial charge is 0.147 e. The van der Waals surface area contributed by atoms with Gasteiger partial charge in [-0.1, -0.05) is 34.1 Å². The van der Waals surface area contributed by atoms with Crippen LogP contribution in [0.1, 0.15) is 29.5 Å². The zero-order valence-corrected chi connectivity index (χ0v) is 12.8. The molecule has 0 unspecified atom stereocenters. The lowest BCUT2D eigenvalue weighted by Crippen LogP contribution is -2.29. The van der Waals surface area contributed by atoms with Crippen LogP contribution in [-0.2, 0) is 0 Å². The number of benzene rings is 1. The van der Waals surface area contributed by atoms with Gasteiger partial charge in [-0.2, -0.15) is 0 Å². The summed E-state index contributed by atoms with van der Waals surface area (Å²) in [6.07, 6.45) is 9.05. The van der Waals surface area contributed by atoms with Gasteiger partial charge in [0, 0.05) is 22.8 Å². The minimum atomic E-state index is -0.202. The van der Waals surface area contributed by atoms with Crippen LogP contribution in [0.4, 0.5) is 10.1 Å². The number of nitrogens with one attached hydrogen (secondary N) is 1. The summed E-state index contributed by atoms with van der Waals surface area (Å²) in [4.78, 5) is 4.20. The topological polar surface area (TPSA) is 24.9 Å². The van der Waals surface area contributed by atoms with Gasteiger partial charge in [-0.3, -0.25) is 4.98 Å². The first kappa shape index (κ1) is 13.0. The molecule has 2 nitrogen and oxygen atoms in total. The quantitative estimate of drug-likeness (QED) is 0.751. The van der Waals surface area contributed by atoms with Gasteiger partial charge in [0.2, 0.25) is 0 Å². The summed E-state index contributed by atoms with van der Waals surface area (Å²) in [5.41, 5.74) is 2.78. The lowest BCUT2D eigenvalue weighted by atomic mass is 9.77. The second-order valence-electron chi connectivity index (χ2n) is 5.61. The Kier molecular flexibility index (Phi) is 3.07. The van der Waals surface area contributed by atoms with Crippen molar-refractivity contribution < 1.29 is 4.39 Å². The van der Waals surface area contributed by atoms with E-state index >= 15 is 0 Å². The fourth-order valence-electron chi connectivity index (χ4n) is 3.51. The molecule has 1 N–H and O–H groups in total. The molecule has 2 heterocycles. The molecule has 4 heteroatoms. The zero-order chi connectivity index (χ0) is 14.4. The highest BCUT2D eigenvalue weighted by molar-refractivity contribution is 9.10. The van der Waals surface area contributed by atoms with E-state index in [-0.39, 0.29) is 17.8 Å². The van der Waals surface area contributed by atoms with E-state index < -0.39 is 0 Å². The highest BCUT2D eigenvalue weighted by atomic mass is 79.9. The molecule has 2 aromatic rings. The summed E-state index contributed by atoms with van der Waals surface area (Å²) in [7, 11) is 0. The fraction of sp³-hybridized carbons (Fsp3) is 0.235. The number of fused-ring (bicyclic) bond motifs is 3. The van der Waals surface area contributed by atoms with Gasteiger partial charge in [0.15, 0.2) is 0 Å². The van der Waals surface area contributed by atoms with Crippen molar-refractivity contribution in [3.8, 4) is 0 Å². The van der Waals surface area contributed by atoms with Gasteiger partial charge >= 0.3 is 0 Å². The van der Waals surface area contributed by atoms with Crippen LogP contribution in [0.2, 0.25) is 0 Å². The van der Waals surface area contributed by atoms with Crippen LogP contribution in [0.15, 0.2) is 53.3 Å². The summed E-state index contributed by atoms with van der Waals surface area (Å²) in [6.45, 7) is 0. The average molecular weight is 345 g/mol. The standard InChI is InChI=1S/C17H14BrFN2/c18-11-7-14-12-4-1-5-13(12)16(10-3-2-6-20-9-10)21-17(14)15(19)8-11/h1-4,6-9,12-13,16,21H,5H2/t12-,13+,16+/m1/s1. The number of halogens is 2. The van der Waals surface area contributed by atoms with E-state index in [2.05, 4.69) is 44.4 Å². The number of nitrogens with zero attached hydrogens (tertiary/aromatic N) is 1. The van der Waals surface area contributed by atoms with Gasteiger partial charge in [0.1, 0.15) is 5.82 Å². The molecule has 0 amide bonds. The van der Waals surface area contributed by atoms with Crippen molar-refractivity contribution in [1.29, 1.82) is 0 Å². The van der Waals surface area contributed by atoms with Gasteiger partial charge in [-0.15, -0.1) is 0 Å². The van der Waals surface area contributed by atoms with Crippen LogP contribution in [0.25, 0.3) is 0 Å². The first-order chi connectivity index (χ1) is 10.2. The monoisotopic (exact) mass is 344 g/mol. The van der Waals surface area contributed by atoms with Crippen LogP contribution < -0.4 is 5.32 Å². The Bertz CT molecular complexity index is 714. The number of hydrogen-bond donors (Lipinski definition) is 1. The zero-order valence-electron chi connectivity index (χ0n) is 11.3. The maximum atomic E-state index is 14.3. The highest BCUT2D eigenvalue weighted by Gasteiger charge is 2.39. The molecule has 0 saturated carbocycles. The van der Waals surface area contributed by atoms with Gasteiger partial charge in [0.05, 0.1) is 11.7 Å². The Labute approximate surface area is 131 Å². The molecule has 0 fully saturated rings. The van der Waals surface area contributed by atoms with Gasteiger partial charge < -0.3 is 5.32 Å². The van der Waals surface area contributed by atoms with Crippen LogP contribution in [-0.4, -0.2) is 4.98 Å². The van der Waals surface area contributed by atoms with Crippen molar-refractivity contribution in [3.05, 3.63) is 70.2 Å². The predicted octanol–water partition coefficient (Wildman–Crippen LogP) is 4.81. The van der Waals surface area contributed by atoms with Crippen LogP contribution in [0.3, 0.4) is 0 Å². The van der Waals surface area contributed by atoms with E-state index in [4.69, 9.17) is 0 Å². The summed E-state index contributed by atoms with van der Waals surface area (Å²) in [5.74, 6) is 0.473. The lowest BCUT2D eigenvalue weighted by molar-refractivity contribution is 0.420. The third-order valence-electron chi connectivity index (χ3n) is 4.43. The fourth-order valence-corrected chi connectivity index (χ4v) is 3.96. The van der Waals surface area contributed by atoms with E-state index in [9.17, 15) is 4.39 Å². The number of aromatic nitrogens is 1. The number of rotatable bonds is 1. The minimum Gasteiger partial charge on any atom is -0.375 e. The van der Waals surface area contributed by atoms with Crippen LogP contribution in [0.5, 0.6) is 0 Å². The number of allylic oxidation sites excluding steroid dienone is 2. The molecule has 1 aliphatic carbocycles. The van der Waals surface area contributed by atoms with E-state index in [1.165, 1.54) is 6.07 Å². The highest BCUT2D eigenvalue weighted by Crippen LogP contribution is 2.50. The number of hydrogen-bond acceptors (Lipinski definition) is 2. The molecule has 4 rings (SSSR count). The summed E-state index contributed by atoms with van der Waals surface area (Å²) >= 11 is 3.40. The van der Waals surface area contributed by atoms with Crippen LogP contribution >= 0.6 is 15.9 Å². The first-order valence-corrected chi connectivity index (χ1v) is 7.85. The Hall–Kier alpha value is -1.68. The molecule has 106 valence electrons. The van der Waals surface area contributed by atoms with E-state index in [0.717, 1.165) is 22.0 Å². The van der Waals surface area contributed by atoms with Crippen molar-refractivity contribution in [2.24, 2.45) is 5.92 Å². The Balaban J connectivity index is 1.84. The van der Waals surface area contributed by atoms with Crippen molar-refractivity contribution in [2.45, 2.75) is 18.4 Å². The molecule has 0 bridgehead atoms. The molecule has 21 heavy (non-hydrogen) atoms. The van der Waals surface area contributed by atoms with E-state index in [1.54, 1.807) is 6.20 Å². The Morgan fingerprint density at radius 1 is 1.33 bits per heavy atom. The Morgan fingerprint density at radius 3 is 3.05 bits per heavy atom. The molecule has 0 radical (unpaired) electrons. The van der Waals surface area contributed by atoms with Crippen molar-refractivity contribution >= 4 is 21.6 Å². The first-order valence-electron chi connectivity index (χ1n) is 7.06. The maximum absolute atomic E-state index is 14.3. The van der Waals surface area contributed by atoms with E-state index in [1.807, 2.05) is 18.3 Å². The largest absolute Gasteiger partial charge is 0.375 e. The molecule has 0 spiro atoms. The molecule has 3 atom stereocenters. The number of pyridine rings is 1. The minimum absolute atomic E-state index is 0.0990. The maximum Gasteiger partial charge on any atom is 0.147 e. The SMILES string of the molecule is Fc1cc(Br)cc2c1N[C@@H](c1cccnc1)[C@H]1CC=C[C@@H]21. The van der Waals surface area contributed by atoms with Gasteiger partial charge in [-0.05, 0) is 41.7 Å². The molecule has 2 aliphatic rings. The summed E-state index contributed by atoms with van der Waals surface area (Å²) < 4.78 is 15.1. The summed E-state index contributed by atoms with van der Waals surface area (Å²) in [5, 5.41) is 3.40. The lowest BCUT2D eigenvalue weighted by Gasteiger charge is -2.37. The molecule has 1 aromatic carbocycles. The third-order valence-corrected chi connectivity index (χ3v) is 4.89. The molecule has 1 aliphatic heterocycles. The molecule has 1 aromatic heterocycles. The average Bonchev–Trinajstić information content (AvgIpc) is 2.97. The normalized spacial score (nSPS) is 26.1. The second-order valence-corrected chi connectivity index (χ2v) is 6.53. The third kappa shape index (κ3) is 2.09. The van der Waals surface area contributed by atoms with Gasteiger partial charge in [-0.25, -0.2) is 4.39 Å². The van der Waals surface area contributed by atoms with Crippen LogP contribution in [0, 0.1) is 11.7 Å². The molecular formula is C17H14BrFN2.